The number of halogens is 1. The van der Waals surface area contributed by atoms with Gasteiger partial charge in [-0.15, -0.1) is 0 Å². The minimum atomic E-state index is -1.30. The fraction of sp³-hybridized carbons (Fsp3) is 0.111. The molecular formula is C36H28FN2NaO4. The zero-order valence-electron chi connectivity index (χ0n) is 24.2. The molecule has 1 aromatic heterocycles. The number of carbonyl (C=O) groups excluding carboxylic acids is 2. The van der Waals surface area contributed by atoms with Crippen molar-refractivity contribution in [1.29, 1.82) is 0 Å². The number of benzene rings is 5. The van der Waals surface area contributed by atoms with Crippen LogP contribution in [-0.4, -0.2) is 29.0 Å². The van der Waals surface area contributed by atoms with E-state index in [1.807, 2.05) is 48.5 Å². The molecule has 6 rings (SSSR count). The molecule has 5 aromatic carbocycles. The summed E-state index contributed by atoms with van der Waals surface area (Å²) in [6, 6.07) is 34.7. The molecule has 0 aliphatic carbocycles. The predicted octanol–water partition coefficient (Wildman–Crippen LogP) is 3.02. The van der Waals surface area contributed by atoms with E-state index in [-0.39, 0.29) is 47.3 Å². The first-order valence-electron chi connectivity index (χ1n) is 14.0. The van der Waals surface area contributed by atoms with Crippen molar-refractivity contribution in [3.63, 3.8) is 0 Å². The van der Waals surface area contributed by atoms with Gasteiger partial charge in [0.25, 0.3) is 0 Å². The van der Waals surface area contributed by atoms with Gasteiger partial charge in [-0.2, -0.15) is 0 Å². The summed E-state index contributed by atoms with van der Waals surface area (Å²) in [5.74, 6) is -1.41. The summed E-state index contributed by atoms with van der Waals surface area (Å²) in [6.45, 7) is 1.13. The van der Waals surface area contributed by atoms with E-state index in [2.05, 4.69) is 34.1 Å². The zero-order valence-corrected chi connectivity index (χ0v) is 26.2. The Morgan fingerprint density at radius 3 is 2.00 bits per heavy atom. The smallest absolute Gasteiger partial charge is 0.548 e. The molecule has 0 radical (unpaired) electrons. The van der Waals surface area contributed by atoms with Crippen molar-refractivity contribution >= 4 is 39.2 Å². The second-order valence-electron chi connectivity index (χ2n) is 10.3. The number of rotatable bonds is 11. The van der Waals surface area contributed by atoms with Gasteiger partial charge in [-0.1, -0.05) is 60.7 Å². The van der Waals surface area contributed by atoms with E-state index in [9.17, 15) is 19.1 Å². The molecule has 0 spiro atoms. The van der Waals surface area contributed by atoms with Gasteiger partial charge in [0.2, 0.25) is 0 Å². The normalized spacial score (nSPS) is 11.6. The molecule has 0 aliphatic heterocycles. The van der Waals surface area contributed by atoms with E-state index in [0.717, 1.165) is 16.6 Å². The first-order chi connectivity index (χ1) is 21.0. The molecule has 0 fully saturated rings. The Bertz CT molecular complexity index is 1870. The standard InChI is InChI=1S/C36H29FN2O4.Na/c37-26-17-15-25(16-18-26)35(40)30-9-1-4-10-31(30)38-32(36(41)42)23-24-13-19-27(20-14-24)43-22-21-39-33-11-5-2-7-28(33)29-8-3-6-12-34(29)39;/h1-20,32,38H,21-23H2,(H,41,42);/q;+1/p-1. The maximum absolute atomic E-state index is 13.3. The van der Waals surface area contributed by atoms with E-state index in [4.69, 9.17) is 4.74 Å². The maximum atomic E-state index is 13.3. The summed E-state index contributed by atoms with van der Waals surface area (Å²) >= 11 is 0. The van der Waals surface area contributed by atoms with Crippen molar-refractivity contribution in [3.8, 4) is 5.75 Å². The number of ketones is 1. The molecule has 1 N–H and O–H groups in total. The molecule has 1 unspecified atom stereocenters. The largest absolute Gasteiger partial charge is 1.00 e. The fourth-order valence-electron chi connectivity index (χ4n) is 5.40. The van der Waals surface area contributed by atoms with Crippen molar-refractivity contribution < 1.29 is 53.4 Å². The van der Waals surface area contributed by atoms with Crippen LogP contribution >= 0.6 is 0 Å². The molecule has 0 saturated carbocycles. The molecule has 0 aliphatic rings. The molecule has 44 heavy (non-hydrogen) atoms. The molecule has 8 heteroatoms. The number of aliphatic carboxylic acids is 1. The molecule has 0 saturated heterocycles. The van der Waals surface area contributed by atoms with Crippen LogP contribution in [0.25, 0.3) is 21.8 Å². The average molecular weight is 595 g/mol. The van der Waals surface area contributed by atoms with Gasteiger partial charge in [0, 0.05) is 38.6 Å². The summed E-state index contributed by atoms with van der Waals surface area (Å²) in [6.07, 6.45) is 0.128. The summed E-state index contributed by atoms with van der Waals surface area (Å²) in [7, 11) is 0. The third-order valence-electron chi connectivity index (χ3n) is 7.52. The number of fused-ring (bicyclic) bond motifs is 3. The molecule has 6 aromatic rings. The van der Waals surface area contributed by atoms with E-state index in [0.29, 0.717) is 30.2 Å². The number of hydrogen-bond donors (Lipinski definition) is 1. The number of ether oxygens (including phenoxy) is 1. The van der Waals surface area contributed by atoms with E-state index < -0.39 is 17.8 Å². The van der Waals surface area contributed by atoms with Crippen molar-refractivity contribution in [2.75, 3.05) is 11.9 Å². The van der Waals surface area contributed by atoms with Crippen molar-refractivity contribution in [3.05, 3.63) is 144 Å². The summed E-state index contributed by atoms with van der Waals surface area (Å²) in [4.78, 5) is 25.2. The van der Waals surface area contributed by atoms with Gasteiger partial charge in [0.15, 0.2) is 5.78 Å². The van der Waals surface area contributed by atoms with Gasteiger partial charge >= 0.3 is 29.6 Å². The van der Waals surface area contributed by atoms with Gasteiger partial charge in [-0.3, -0.25) is 4.79 Å². The SMILES string of the molecule is O=C(c1ccc(F)cc1)c1ccccc1NC(Cc1ccc(OCCn2c3ccccc3c3ccccc32)cc1)C(=O)[O-].[Na+]. The van der Waals surface area contributed by atoms with Crippen molar-refractivity contribution in [1.82, 2.24) is 4.57 Å². The van der Waals surface area contributed by atoms with Crippen LogP contribution in [0.4, 0.5) is 10.1 Å². The second kappa shape index (κ2) is 13.9. The van der Waals surface area contributed by atoms with E-state index in [1.165, 1.54) is 35.0 Å². The van der Waals surface area contributed by atoms with Gasteiger partial charge in [0.05, 0.1) is 18.6 Å². The van der Waals surface area contributed by atoms with Crippen molar-refractivity contribution in [2.45, 2.75) is 19.0 Å². The number of carbonyl (C=O) groups is 2. The first kappa shape index (κ1) is 31.0. The van der Waals surface area contributed by atoms with E-state index >= 15 is 0 Å². The summed E-state index contributed by atoms with van der Waals surface area (Å²) in [5.41, 5.74) is 4.02. The van der Waals surface area contributed by atoms with Gasteiger partial charge in [-0.05, 0) is 72.6 Å². The van der Waals surface area contributed by atoms with Crippen LogP contribution in [-0.2, 0) is 17.8 Å². The van der Waals surface area contributed by atoms with Crippen molar-refractivity contribution in [2.24, 2.45) is 0 Å². The number of nitrogens with zero attached hydrogens (tertiary/aromatic N) is 1. The van der Waals surface area contributed by atoms with Crippen LogP contribution in [0.5, 0.6) is 5.75 Å². The summed E-state index contributed by atoms with van der Waals surface area (Å²) < 4.78 is 21.6. The summed E-state index contributed by atoms with van der Waals surface area (Å²) in [5, 5.41) is 17.5. The quantitative estimate of drug-likeness (QED) is 0.184. The fourth-order valence-corrected chi connectivity index (χ4v) is 5.40. The Morgan fingerprint density at radius 2 is 1.36 bits per heavy atom. The monoisotopic (exact) mass is 594 g/mol. The number of hydrogen-bond acceptors (Lipinski definition) is 5. The Morgan fingerprint density at radius 1 is 0.773 bits per heavy atom. The van der Waals surface area contributed by atoms with Gasteiger partial charge < -0.3 is 24.5 Å². The molecule has 1 heterocycles. The predicted molar refractivity (Wildman–Crippen MR) is 164 cm³/mol. The Balaban J connectivity index is 0.00000384. The maximum Gasteiger partial charge on any atom is 1.00 e. The molecule has 6 nitrogen and oxygen atoms in total. The minimum absolute atomic E-state index is 0. The van der Waals surface area contributed by atoms with Crippen LogP contribution in [0, 0.1) is 5.82 Å². The number of nitrogens with one attached hydrogen (secondary N) is 1. The van der Waals surface area contributed by atoms with E-state index in [1.54, 1.807) is 24.3 Å². The van der Waals surface area contributed by atoms with Crippen LogP contribution in [0.2, 0.25) is 0 Å². The third kappa shape index (κ3) is 6.70. The molecule has 214 valence electrons. The Hall–Kier alpha value is -4.43. The number of carboxylic acids is 1. The number of para-hydroxylation sites is 3. The molecular weight excluding hydrogens is 566 g/mol. The second-order valence-corrected chi connectivity index (χ2v) is 10.3. The average Bonchev–Trinajstić information content (AvgIpc) is 3.35. The number of aromatic nitrogens is 1. The van der Waals surface area contributed by atoms with Crippen LogP contribution in [0.3, 0.4) is 0 Å². The number of carboxylic acid groups (broad SMARTS) is 1. The zero-order chi connectivity index (χ0) is 29.8. The van der Waals surface area contributed by atoms with Crippen LogP contribution in [0.15, 0.2) is 121 Å². The number of anilines is 1. The molecule has 0 amide bonds. The first-order valence-corrected chi connectivity index (χ1v) is 14.0. The van der Waals surface area contributed by atoms with Gasteiger partial charge in [0.1, 0.15) is 18.2 Å². The Labute approximate surface area is 276 Å². The minimum Gasteiger partial charge on any atom is -0.548 e. The van der Waals surface area contributed by atoms with Gasteiger partial charge in [-0.25, -0.2) is 4.39 Å². The third-order valence-corrected chi connectivity index (χ3v) is 7.52. The molecule has 0 bridgehead atoms. The van der Waals surface area contributed by atoms with Crippen LogP contribution in [0.1, 0.15) is 21.5 Å². The van der Waals surface area contributed by atoms with Crippen LogP contribution < -0.4 is 44.7 Å². The molecule has 1 atom stereocenters. The topological polar surface area (TPSA) is 83.4 Å². The Kier molecular flexibility index (Phi) is 9.80.